The number of likely N-dealkylation sites (tertiary alicyclic amines) is 1. The first-order valence-electron chi connectivity index (χ1n) is 6.58. The van der Waals surface area contributed by atoms with Gasteiger partial charge in [0.15, 0.2) is 0 Å². The van der Waals surface area contributed by atoms with Crippen molar-refractivity contribution in [3.63, 3.8) is 0 Å². The zero-order valence-electron chi connectivity index (χ0n) is 11.8. The molecule has 6 heteroatoms. The van der Waals surface area contributed by atoms with E-state index in [1.54, 1.807) is 18.9 Å². The fraction of sp³-hybridized carbons (Fsp3) is 0.769. The summed E-state index contributed by atoms with van der Waals surface area (Å²) in [4.78, 5) is 36.5. The molecule has 1 heterocycles. The van der Waals surface area contributed by atoms with Gasteiger partial charge in [0, 0.05) is 26.6 Å². The Labute approximate surface area is 113 Å². The van der Waals surface area contributed by atoms with Gasteiger partial charge < -0.3 is 15.0 Å². The molecule has 0 bridgehead atoms. The lowest BCUT2D eigenvalue weighted by Crippen LogP contribution is -2.40. The van der Waals surface area contributed by atoms with Crippen LogP contribution < -0.4 is 5.32 Å². The Morgan fingerprint density at radius 3 is 2.58 bits per heavy atom. The molecule has 1 unspecified atom stereocenters. The molecule has 0 aliphatic carbocycles. The number of hydrogen-bond acceptors (Lipinski definition) is 4. The van der Waals surface area contributed by atoms with Crippen molar-refractivity contribution in [2.45, 2.75) is 33.1 Å². The van der Waals surface area contributed by atoms with Gasteiger partial charge in [0.25, 0.3) is 0 Å². The predicted molar refractivity (Wildman–Crippen MR) is 69.2 cm³/mol. The van der Waals surface area contributed by atoms with Crippen LogP contribution in [0.1, 0.15) is 33.1 Å². The largest absolute Gasteiger partial charge is 0.466 e. The van der Waals surface area contributed by atoms with Crippen molar-refractivity contribution < 1.29 is 19.1 Å². The van der Waals surface area contributed by atoms with Gasteiger partial charge in [0.2, 0.25) is 11.8 Å². The molecule has 2 amide bonds. The van der Waals surface area contributed by atoms with Gasteiger partial charge in [-0.25, -0.2) is 0 Å². The highest BCUT2D eigenvalue weighted by molar-refractivity contribution is 5.85. The number of carbonyl (C=O) groups is 3. The summed E-state index contributed by atoms with van der Waals surface area (Å²) < 4.78 is 4.78. The number of carbonyl (C=O) groups excluding carboxylic acids is 3. The van der Waals surface area contributed by atoms with Gasteiger partial charge in [-0.2, -0.15) is 0 Å². The molecule has 6 nitrogen and oxygen atoms in total. The fourth-order valence-corrected chi connectivity index (χ4v) is 2.26. The summed E-state index contributed by atoms with van der Waals surface area (Å²) in [5, 5.41) is 2.62. The molecule has 0 radical (unpaired) electrons. The lowest BCUT2D eigenvalue weighted by atomic mass is 9.89. The summed E-state index contributed by atoms with van der Waals surface area (Å²) in [6.45, 7) is 4.88. The molecule has 0 aromatic rings. The number of rotatable bonds is 5. The maximum absolute atomic E-state index is 11.9. The average Bonchev–Trinajstić information content (AvgIpc) is 2.79. The quantitative estimate of drug-likeness (QED) is 0.730. The van der Waals surface area contributed by atoms with Crippen molar-refractivity contribution in [2.75, 3.05) is 26.7 Å². The third kappa shape index (κ3) is 3.94. The van der Waals surface area contributed by atoms with Crippen LogP contribution in [0.5, 0.6) is 0 Å². The van der Waals surface area contributed by atoms with Crippen LogP contribution in [0.15, 0.2) is 0 Å². The first-order chi connectivity index (χ1) is 8.92. The van der Waals surface area contributed by atoms with E-state index in [0.717, 1.165) is 0 Å². The Bertz CT molecular complexity index is 370. The third-order valence-corrected chi connectivity index (χ3v) is 3.45. The number of esters is 1. The molecule has 1 saturated heterocycles. The molecular formula is C13H22N2O4. The number of amides is 2. The SMILES string of the molecule is CCOC(=O)CCC(=O)N1CCC(C)(C(=O)NC)C1. The maximum Gasteiger partial charge on any atom is 0.306 e. The fourth-order valence-electron chi connectivity index (χ4n) is 2.26. The Hall–Kier alpha value is -1.59. The van der Waals surface area contributed by atoms with E-state index in [2.05, 4.69) is 5.32 Å². The van der Waals surface area contributed by atoms with Gasteiger partial charge in [-0.15, -0.1) is 0 Å². The first-order valence-corrected chi connectivity index (χ1v) is 6.58. The number of nitrogens with one attached hydrogen (secondary N) is 1. The topological polar surface area (TPSA) is 75.7 Å². The minimum Gasteiger partial charge on any atom is -0.466 e. The van der Waals surface area contributed by atoms with E-state index in [-0.39, 0.29) is 30.6 Å². The third-order valence-electron chi connectivity index (χ3n) is 3.45. The summed E-state index contributed by atoms with van der Waals surface area (Å²) >= 11 is 0. The van der Waals surface area contributed by atoms with Crippen LogP contribution in [0.3, 0.4) is 0 Å². The molecule has 0 saturated carbocycles. The Balaban J connectivity index is 2.44. The normalized spacial score (nSPS) is 22.2. The van der Waals surface area contributed by atoms with E-state index in [1.807, 2.05) is 6.92 Å². The zero-order chi connectivity index (χ0) is 14.5. The Kier molecular flexibility index (Phi) is 5.32. The van der Waals surface area contributed by atoms with Gasteiger partial charge in [-0.05, 0) is 20.3 Å². The Morgan fingerprint density at radius 1 is 1.32 bits per heavy atom. The highest BCUT2D eigenvalue weighted by Crippen LogP contribution is 2.30. The number of ether oxygens (including phenoxy) is 1. The molecule has 1 N–H and O–H groups in total. The second-order valence-electron chi connectivity index (χ2n) is 5.01. The van der Waals surface area contributed by atoms with Crippen molar-refractivity contribution >= 4 is 17.8 Å². The second-order valence-corrected chi connectivity index (χ2v) is 5.01. The number of nitrogens with zero attached hydrogens (tertiary/aromatic N) is 1. The molecule has 1 fully saturated rings. The summed E-state index contributed by atoms with van der Waals surface area (Å²) in [7, 11) is 1.60. The van der Waals surface area contributed by atoms with E-state index >= 15 is 0 Å². The van der Waals surface area contributed by atoms with Crippen LogP contribution in [0, 0.1) is 5.41 Å². The van der Waals surface area contributed by atoms with Crippen LogP contribution in [-0.4, -0.2) is 49.4 Å². The van der Waals surface area contributed by atoms with Crippen LogP contribution in [0.2, 0.25) is 0 Å². The van der Waals surface area contributed by atoms with E-state index in [1.165, 1.54) is 0 Å². The van der Waals surface area contributed by atoms with Crippen LogP contribution in [0.25, 0.3) is 0 Å². The van der Waals surface area contributed by atoms with Crippen molar-refractivity contribution in [1.82, 2.24) is 10.2 Å². The number of hydrogen-bond donors (Lipinski definition) is 1. The summed E-state index contributed by atoms with van der Waals surface area (Å²) in [5.41, 5.74) is -0.520. The van der Waals surface area contributed by atoms with E-state index in [4.69, 9.17) is 4.74 Å². The second kappa shape index (κ2) is 6.54. The van der Waals surface area contributed by atoms with Crippen molar-refractivity contribution in [2.24, 2.45) is 5.41 Å². The van der Waals surface area contributed by atoms with Gasteiger partial charge in [-0.3, -0.25) is 14.4 Å². The van der Waals surface area contributed by atoms with Crippen molar-refractivity contribution in [1.29, 1.82) is 0 Å². The van der Waals surface area contributed by atoms with Crippen LogP contribution in [0.4, 0.5) is 0 Å². The van der Waals surface area contributed by atoms with E-state index < -0.39 is 5.41 Å². The van der Waals surface area contributed by atoms with Gasteiger partial charge >= 0.3 is 5.97 Å². The van der Waals surface area contributed by atoms with Crippen molar-refractivity contribution in [3.05, 3.63) is 0 Å². The molecule has 1 atom stereocenters. The molecule has 0 spiro atoms. The highest BCUT2D eigenvalue weighted by atomic mass is 16.5. The van der Waals surface area contributed by atoms with Gasteiger partial charge in [0.05, 0.1) is 18.4 Å². The predicted octanol–water partition coefficient (Wildman–Crippen LogP) is 0.314. The lowest BCUT2D eigenvalue weighted by molar-refractivity contribution is -0.145. The minimum absolute atomic E-state index is 0.0480. The maximum atomic E-state index is 11.9. The van der Waals surface area contributed by atoms with Crippen LogP contribution in [-0.2, 0) is 19.1 Å². The van der Waals surface area contributed by atoms with Crippen molar-refractivity contribution in [3.8, 4) is 0 Å². The Morgan fingerprint density at radius 2 is 2.00 bits per heavy atom. The summed E-state index contributed by atoms with van der Waals surface area (Å²) in [5.74, 6) is -0.502. The highest BCUT2D eigenvalue weighted by Gasteiger charge is 2.41. The smallest absolute Gasteiger partial charge is 0.306 e. The molecule has 1 aliphatic heterocycles. The molecule has 1 rings (SSSR count). The first kappa shape index (κ1) is 15.5. The van der Waals surface area contributed by atoms with E-state index in [9.17, 15) is 14.4 Å². The zero-order valence-corrected chi connectivity index (χ0v) is 11.8. The molecule has 1 aliphatic rings. The van der Waals surface area contributed by atoms with Crippen LogP contribution >= 0.6 is 0 Å². The van der Waals surface area contributed by atoms with Gasteiger partial charge in [0.1, 0.15) is 0 Å². The molecule has 0 aromatic carbocycles. The summed E-state index contributed by atoms with van der Waals surface area (Å²) in [6, 6.07) is 0. The molecule has 19 heavy (non-hydrogen) atoms. The summed E-state index contributed by atoms with van der Waals surface area (Å²) in [6.07, 6.45) is 0.889. The molecule has 0 aromatic heterocycles. The minimum atomic E-state index is -0.520. The molecule has 108 valence electrons. The lowest BCUT2D eigenvalue weighted by Gasteiger charge is -2.22. The van der Waals surface area contributed by atoms with E-state index in [0.29, 0.717) is 26.1 Å². The molecular weight excluding hydrogens is 248 g/mol. The average molecular weight is 270 g/mol. The monoisotopic (exact) mass is 270 g/mol. The standard InChI is InChI=1S/C13H22N2O4/c1-4-19-11(17)6-5-10(16)15-8-7-13(2,9-15)12(18)14-3/h4-9H2,1-3H3,(H,14,18). The van der Waals surface area contributed by atoms with Gasteiger partial charge in [-0.1, -0.05) is 0 Å².